The Morgan fingerprint density at radius 2 is 1.74 bits per heavy atom. The number of hydrogen-bond donors (Lipinski definition) is 1. The average Bonchev–Trinajstić information content (AvgIpc) is 3.21. The molecule has 8 atom stereocenters. The standard InChI is InChI=1S/C27H40O4/c1-16(28)31-23-22-17(9-13-30-22)18(29)14-20-26(5)12-8-19-24(2,3)10-7-11-25(19,4)21(26)15-27(20,23)6/h9,13,18-21,23,29H,7-8,10-12,14-15H2,1-6H3/t18-,19+,20+,21-,23+,25+,26+,27+/m1/s1. The molecule has 0 aliphatic heterocycles. The molecule has 1 N–H and O–H groups in total. The maximum absolute atomic E-state index is 12.2. The molecule has 4 heteroatoms. The molecule has 0 bridgehead atoms. The van der Waals surface area contributed by atoms with Crippen LogP contribution >= 0.6 is 0 Å². The quantitative estimate of drug-likeness (QED) is 0.512. The lowest BCUT2D eigenvalue weighted by Gasteiger charge is -2.62. The fourth-order valence-electron chi connectivity index (χ4n) is 9.56. The first-order valence-electron chi connectivity index (χ1n) is 12.4. The molecular weight excluding hydrogens is 388 g/mol. The number of aliphatic hydroxyl groups excluding tert-OH is 1. The van der Waals surface area contributed by atoms with Gasteiger partial charge in [0.2, 0.25) is 0 Å². The third kappa shape index (κ3) is 2.79. The molecule has 172 valence electrons. The van der Waals surface area contributed by atoms with Gasteiger partial charge < -0.3 is 14.3 Å². The van der Waals surface area contributed by atoms with Crippen LogP contribution in [-0.2, 0) is 9.53 Å². The normalized spacial score (nSPS) is 48.0. The number of rotatable bonds is 1. The Morgan fingerprint density at radius 3 is 2.45 bits per heavy atom. The molecule has 0 spiro atoms. The SMILES string of the molecule is CC(=O)O[C@H]1c2occc2[C@H](O)C[C@H]2[C@]3(C)CC[C@H]4C(C)(C)CCC[C@]4(C)[C@H]3C[C@@]21C. The van der Waals surface area contributed by atoms with Gasteiger partial charge in [-0.1, -0.05) is 41.0 Å². The van der Waals surface area contributed by atoms with Gasteiger partial charge in [0.05, 0.1) is 12.4 Å². The smallest absolute Gasteiger partial charge is 0.303 e. The van der Waals surface area contributed by atoms with Crippen LogP contribution in [0.5, 0.6) is 0 Å². The van der Waals surface area contributed by atoms with E-state index in [0.29, 0.717) is 22.5 Å². The minimum Gasteiger partial charge on any atom is -0.465 e. The fraction of sp³-hybridized carbons (Fsp3) is 0.815. The highest BCUT2D eigenvalue weighted by Crippen LogP contribution is 2.76. The number of fused-ring (bicyclic) bond motifs is 6. The summed E-state index contributed by atoms with van der Waals surface area (Å²) in [5.41, 5.74) is 1.37. The molecule has 1 aromatic rings. The second-order valence-electron chi connectivity index (χ2n) is 12.7. The van der Waals surface area contributed by atoms with Crippen LogP contribution in [0.15, 0.2) is 16.7 Å². The highest BCUT2D eigenvalue weighted by Gasteiger charge is 2.70. The number of hydrogen-bond acceptors (Lipinski definition) is 4. The minimum absolute atomic E-state index is 0.135. The first kappa shape index (κ1) is 21.6. The molecule has 1 heterocycles. The van der Waals surface area contributed by atoms with Crippen LogP contribution in [0.25, 0.3) is 0 Å². The Kier molecular flexibility index (Phi) is 4.60. The van der Waals surface area contributed by atoms with Gasteiger partial charge in [-0.2, -0.15) is 0 Å². The van der Waals surface area contributed by atoms with E-state index in [0.717, 1.165) is 24.3 Å². The summed E-state index contributed by atoms with van der Waals surface area (Å²) in [6, 6.07) is 1.86. The maximum Gasteiger partial charge on any atom is 0.303 e. The van der Waals surface area contributed by atoms with Crippen molar-refractivity contribution in [3.05, 3.63) is 23.7 Å². The first-order chi connectivity index (χ1) is 14.4. The number of carbonyl (C=O) groups is 1. The van der Waals surface area contributed by atoms with Crippen molar-refractivity contribution in [1.82, 2.24) is 0 Å². The number of carbonyl (C=O) groups excluding carboxylic acids is 1. The van der Waals surface area contributed by atoms with Gasteiger partial charge in [0, 0.05) is 17.9 Å². The Balaban J connectivity index is 1.64. The first-order valence-corrected chi connectivity index (χ1v) is 12.4. The van der Waals surface area contributed by atoms with E-state index >= 15 is 0 Å². The van der Waals surface area contributed by atoms with Crippen molar-refractivity contribution in [2.45, 2.75) is 98.7 Å². The van der Waals surface area contributed by atoms with Gasteiger partial charge >= 0.3 is 5.97 Å². The molecule has 0 amide bonds. The van der Waals surface area contributed by atoms with Crippen molar-refractivity contribution in [2.75, 3.05) is 0 Å². The zero-order chi connectivity index (χ0) is 22.4. The molecule has 0 saturated heterocycles. The summed E-state index contributed by atoms with van der Waals surface area (Å²) in [6.45, 7) is 13.8. The van der Waals surface area contributed by atoms with Crippen LogP contribution in [0.2, 0.25) is 0 Å². The molecule has 1 aromatic heterocycles. The largest absolute Gasteiger partial charge is 0.465 e. The lowest BCUT2D eigenvalue weighted by atomic mass is 9.43. The van der Waals surface area contributed by atoms with Crippen LogP contribution < -0.4 is 0 Å². The van der Waals surface area contributed by atoms with E-state index in [-0.39, 0.29) is 22.7 Å². The van der Waals surface area contributed by atoms with E-state index in [1.807, 2.05) is 6.07 Å². The van der Waals surface area contributed by atoms with Crippen molar-refractivity contribution >= 4 is 5.97 Å². The molecule has 0 radical (unpaired) electrons. The predicted octanol–water partition coefficient (Wildman–Crippen LogP) is 6.60. The highest BCUT2D eigenvalue weighted by atomic mass is 16.6. The Bertz CT molecular complexity index is 886. The fourth-order valence-corrected chi connectivity index (χ4v) is 9.56. The molecule has 0 unspecified atom stereocenters. The topological polar surface area (TPSA) is 59.7 Å². The summed E-state index contributed by atoms with van der Waals surface area (Å²) in [5, 5.41) is 11.2. The molecule has 4 aliphatic rings. The third-order valence-corrected chi connectivity index (χ3v) is 10.7. The molecule has 5 rings (SSSR count). The zero-order valence-electron chi connectivity index (χ0n) is 20.2. The van der Waals surface area contributed by atoms with Crippen LogP contribution in [0, 0.1) is 39.4 Å². The number of ether oxygens (including phenoxy) is 1. The molecule has 4 aliphatic carbocycles. The van der Waals surface area contributed by atoms with Crippen molar-refractivity contribution in [2.24, 2.45) is 39.4 Å². The summed E-state index contributed by atoms with van der Waals surface area (Å²) in [4.78, 5) is 12.2. The van der Waals surface area contributed by atoms with Gasteiger partial charge in [0.15, 0.2) is 11.9 Å². The van der Waals surface area contributed by atoms with Gasteiger partial charge in [-0.3, -0.25) is 4.79 Å². The second kappa shape index (κ2) is 6.62. The third-order valence-electron chi connectivity index (χ3n) is 10.7. The van der Waals surface area contributed by atoms with E-state index < -0.39 is 12.2 Å². The highest BCUT2D eigenvalue weighted by molar-refractivity contribution is 5.66. The average molecular weight is 429 g/mol. The van der Waals surface area contributed by atoms with E-state index in [4.69, 9.17) is 9.15 Å². The summed E-state index contributed by atoms with van der Waals surface area (Å²) in [7, 11) is 0. The van der Waals surface area contributed by atoms with Gasteiger partial charge in [-0.05, 0) is 78.6 Å². The van der Waals surface area contributed by atoms with Crippen LogP contribution in [0.3, 0.4) is 0 Å². The molecule has 31 heavy (non-hydrogen) atoms. The van der Waals surface area contributed by atoms with E-state index in [1.165, 1.54) is 39.0 Å². The van der Waals surface area contributed by atoms with E-state index in [9.17, 15) is 9.90 Å². The van der Waals surface area contributed by atoms with Gasteiger partial charge in [0.25, 0.3) is 0 Å². The maximum atomic E-state index is 12.2. The monoisotopic (exact) mass is 428 g/mol. The van der Waals surface area contributed by atoms with Crippen molar-refractivity contribution < 1.29 is 19.1 Å². The minimum atomic E-state index is -0.567. The molecule has 4 nitrogen and oxygen atoms in total. The van der Waals surface area contributed by atoms with Crippen molar-refractivity contribution in [3.63, 3.8) is 0 Å². The van der Waals surface area contributed by atoms with Crippen molar-refractivity contribution in [3.8, 4) is 0 Å². The second-order valence-corrected chi connectivity index (χ2v) is 12.7. The molecular formula is C27H40O4. The van der Waals surface area contributed by atoms with Crippen LogP contribution in [0.1, 0.15) is 110 Å². The summed E-state index contributed by atoms with van der Waals surface area (Å²) in [5.74, 6) is 1.98. The number of esters is 1. The molecule has 3 fully saturated rings. The van der Waals surface area contributed by atoms with E-state index in [1.54, 1.807) is 6.26 Å². The molecule has 3 saturated carbocycles. The number of furan rings is 1. The van der Waals surface area contributed by atoms with Gasteiger partial charge in [-0.25, -0.2) is 0 Å². The summed E-state index contributed by atoms with van der Waals surface area (Å²) >= 11 is 0. The van der Waals surface area contributed by atoms with Crippen LogP contribution in [-0.4, -0.2) is 11.1 Å². The lowest BCUT2D eigenvalue weighted by Crippen LogP contribution is -2.54. The Morgan fingerprint density at radius 1 is 1.03 bits per heavy atom. The van der Waals surface area contributed by atoms with Gasteiger partial charge in [-0.15, -0.1) is 0 Å². The van der Waals surface area contributed by atoms with Crippen LogP contribution in [0.4, 0.5) is 0 Å². The summed E-state index contributed by atoms with van der Waals surface area (Å²) in [6.07, 6.45) is 8.76. The zero-order valence-corrected chi connectivity index (χ0v) is 20.2. The van der Waals surface area contributed by atoms with E-state index in [2.05, 4.69) is 34.6 Å². The number of aliphatic hydroxyl groups is 1. The molecule has 0 aromatic carbocycles. The Hall–Kier alpha value is -1.29. The van der Waals surface area contributed by atoms with Gasteiger partial charge in [0.1, 0.15) is 0 Å². The predicted molar refractivity (Wildman–Crippen MR) is 119 cm³/mol. The summed E-state index contributed by atoms with van der Waals surface area (Å²) < 4.78 is 11.9. The van der Waals surface area contributed by atoms with Crippen molar-refractivity contribution in [1.29, 1.82) is 0 Å². The lowest BCUT2D eigenvalue weighted by molar-refractivity contribution is -0.159. The Labute approximate surface area is 187 Å².